The third kappa shape index (κ3) is 2.96. The molecule has 1 aromatic heterocycles. The summed E-state index contributed by atoms with van der Waals surface area (Å²) in [5.41, 5.74) is 2.83. The number of para-hydroxylation sites is 1. The minimum atomic E-state index is -0.197. The summed E-state index contributed by atoms with van der Waals surface area (Å²) >= 11 is 0. The maximum absolute atomic E-state index is 12.5. The van der Waals surface area contributed by atoms with Gasteiger partial charge in [0.1, 0.15) is 0 Å². The first-order valence-corrected chi connectivity index (χ1v) is 8.28. The smallest absolute Gasteiger partial charge is 0.255 e. The van der Waals surface area contributed by atoms with E-state index in [0.717, 1.165) is 29.6 Å². The second-order valence-corrected chi connectivity index (χ2v) is 6.03. The highest BCUT2D eigenvalue weighted by molar-refractivity contribution is 6.08. The number of carbonyl (C=O) groups excluding carboxylic acids is 2. The van der Waals surface area contributed by atoms with Crippen molar-refractivity contribution in [3.63, 3.8) is 0 Å². The average Bonchev–Trinajstić information content (AvgIpc) is 3.08. The van der Waals surface area contributed by atoms with Crippen LogP contribution < -0.4 is 10.2 Å². The number of fused-ring (bicyclic) bond motifs is 1. The Morgan fingerprint density at radius 3 is 2.60 bits per heavy atom. The molecular formula is C20H17N3O2. The van der Waals surface area contributed by atoms with Gasteiger partial charge in [-0.1, -0.05) is 18.2 Å². The van der Waals surface area contributed by atoms with Crippen LogP contribution in [0.3, 0.4) is 0 Å². The standard InChI is InChI=1S/C20H17N3O2/c24-18-7-3-13-23(18)16-10-8-15(9-11-16)20(25)22-17-6-1-4-14-5-2-12-21-19(14)17/h1-2,4-6,8-12H,3,7,13H2,(H,22,25). The molecule has 1 aliphatic rings. The van der Waals surface area contributed by atoms with Crippen LogP contribution in [0.5, 0.6) is 0 Å². The van der Waals surface area contributed by atoms with Crippen LogP contribution in [0.25, 0.3) is 10.9 Å². The molecule has 0 bridgehead atoms. The molecule has 3 aromatic rings. The molecule has 1 aliphatic heterocycles. The van der Waals surface area contributed by atoms with Crippen LogP contribution >= 0.6 is 0 Å². The minimum absolute atomic E-state index is 0.138. The fourth-order valence-corrected chi connectivity index (χ4v) is 3.11. The normalized spacial score (nSPS) is 14.1. The van der Waals surface area contributed by atoms with Crippen molar-refractivity contribution in [2.24, 2.45) is 0 Å². The number of nitrogens with zero attached hydrogens (tertiary/aromatic N) is 2. The fraction of sp³-hybridized carbons (Fsp3) is 0.150. The number of hydrogen-bond donors (Lipinski definition) is 1. The zero-order valence-corrected chi connectivity index (χ0v) is 13.6. The van der Waals surface area contributed by atoms with Crippen LogP contribution in [0.2, 0.25) is 0 Å². The molecule has 2 heterocycles. The van der Waals surface area contributed by atoms with Gasteiger partial charge in [0, 0.05) is 35.8 Å². The van der Waals surface area contributed by atoms with E-state index in [1.807, 2.05) is 42.5 Å². The van der Waals surface area contributed by atoms with Crippen LogP contribution in [0, 0.1) is 0 Å². The summed E-state index contributed by atoms with van der Waals surface area (Å²) in [6, 6.07) is 16.6. The van der Waals surface area contributed by atoms with Crippen molar-refractivity contribution in [3.05, 3.63) is 66.4 Å². The molecule has 0 unspecified atom stereocenters. The highest BCUT2D eigenvalue weighted by Crippen LogP contribution is 2.23. The number of carbonyl (C=O) groups is 2. The van der Waals surface area contributed by atoms with Crippen molar-refractivity contribution < 1.29 is 9.59 Å². The van der Waals surface area contributed by atoms with Gasteiger partial charge in [0.25, 0.3) is 5.91 Å². The predicted octanol–water partition coefficient (Wildman–Crippen LogP) is 3.61. The fourth-order valence-electron chi connectivity index (χ4n) is 3.11. The van der Waals surface area contributed by atoms with Crippen molar-refractivity contribution >= 4 is 34.1 Å². The summed E-state index contributed by atoms with van der Waals surface area (Å²) in [7, 11) is 0. The Morgan fingerprint density at radius 1 is 1.04 bits per heavy atom. The molecule has 2 amide bonds. The Hall–Kier alpha value is -3.21. The SMILES string of the molecule is O=C(Nc1cccc2cccnc12)c1ccc(N2CCCC2=O)cc1. The summed E-state index contributed by atoms with van der Waals surface area (Å²) in [6.07, 6.45) is 3.19. The molecule has 2 aromatic carbocycles. The van der Waals surface area contributed by atoms with Gasteiger partial charge in [-0.2, -0.15) is 0 Å². The van der Waals surface area contributed by atoms with E-state index in [9.17, 15) is 9.59 Å². The van der Waals surface area contributed by atoms with E-state index < -0.39 is 0 Å². The Balaban J connectivity index is 1.55. The summed E-state index contributed by atoms with van der Waals surface area (Å²) in [5, 5.41) is 3.89. The minimum Gasteiger partial charge on any atom is -0.320 e. The van der Waals surface area contributed by atoms with Crippen molar-refractivity contribution in [2.45, 2.75) is 12.8 Å². The molecule has 0 radical (unpaired) electrons. The topological polar surface area (TPSA) is 62.3 Å². The van der Waals surface area contributed by atoms with Gasteiger partial charge in [-0.3, -0.25) is 14.6 Å². The van der Waals surface area contributed by atoms with Gasteiger partial charge >= 0.3 is 0 Å². The zero-order valence-electron chi connectivity index (χ0n) is 13.6. The monoisotopic (exact) mass is 331 g/mol. The van der Waals surface area contributed by atoms with Crippen LogP contribution in [0.1, 0.15) is 23.2 Å². The highest BCUT2D eigenvalue weighted by atomic mass is 16.2. The first-order valence-electron chi connectivity index (χ1n) is 8.28. The molecule has 25 heavy (non-hydrogen) atoms. The lowest BCUT2D eigenvalue weighted by Crippen LogP contribution is -2.23. The largest absolute Gasteiger partial charge is 0.320 e. The molecule has 5 heteroatoms. The number of benzene rings is 2. The lowest BCUT2D eigenvalue weighted by molar-refractivity contribution is -0.117. The van der Waals surface area contributed by atoms with Crippen molar-refractivity contribution in [1.82, 2.24) is 4.98 Å². The van der Waals surface area contributed by atoms with Crippen LogP contribution in [-0.4, -0.2) is 23.3 Å². The maximum Gasteiger partial charge on any atom is 0.255 e. The lowest BCUT2D eigenvalue weighted by Gasteiger charge is -2.16. The number of aromatic nitrogens is 1. The number of amides is 2. The lowest BCUT2D eigenvalue weighted by atomic mass is 10.1. The average molecular weight is 331 g/mol. The van der Waals surface area contributed by atoms with Crippen LogP contribution in [0.4, 0.5) is 11.4 Å². The Kier molecular flexibility index (Phi) is 3.90. The molecule has 1 saturated heterocycles. The molecule has 1 fully saturated rings. The Labute approximate surface area is 145 Å². The van der Waals surface area contributed by atoms with Gasteiger partial charge in [0.05, 0.1) is 11.2 Å². The number of rotatable bonds is 3. The van der Waals surface area contributed by atoms with Gasteiger partial charge in [-0.25, -0.2) is 0 Å². The van der Waals surface area contributed by atoms with Gasteiger partial charge in [0.15, 0.2) is 0 Å². The van der Waals surface area contributed by atoms with E-state index in [-0.39, 0.29) is 11.8 Å². The number of anilines is 2. The van der Waals surface area contributed by atoms with E-state index >= 15 is 0 Å². The second-order valence-electron chi connectivity index (χ2n) is 6.03. The molecule has 0 aliphatic carbocycles. The van der Waals surface area contributed by atoms with E-state index in [1.54, 1.807) is 23.2 Å². The van der Waals surface area contributed by atoms with E-state index in [4.69, 9.17) is 0 Å². The van der Waals surface area contributed by atoms with Gasteiger partial charge < -0.3 is 10.2 Å². The van der Waals surface area contributed by atoms with E-state index in [2.05, 4.69) is 10.3 Å². The molecular weight excluding hydrogens is 314 g/mol. The summed E-state index contributed by atoms with van der Waals surface area (Å²) in [5.74, 6) is -0.0588. The maximum atomic E-state index is 12.5. The summed E-state index contributed by atoms with van der Waals surface area (Å²) in [4.78, 5) is 30.4. The van der Waals surface area contributed by atoms with E-state index in [1.165, 1.54) is 0 Å². The molecule has 0 saturated carbocycles. The molecule has 4 rings (SSSR count). The quantitative estimate of drug-likeness (QED) is 0.797. The van der Waals surface area contributed by atoms with Crippen molar-refractivity contribution in [3.8, 4) is 0 Å². The molecule has 124 valence electrons. The van der Waals surface area contributed by atoms with Crippen LogP contribution in [0.15, 0.2) is 60.8 Å². The number of nitrogens with one attached hydrogen (secondary N) is 1. The Morgan fingerprint density at radius 2 is 1.84 bits per heavy atom. The molecule has 0 spiro atoms. The molecule has 0 atom stereocenters. The highest BCUT2D eigenvalue weighted by Gasteiger charge is 2.21. The first-order chi connectivity index (χ1) is 12.2. The first kappa shape index (κ1) is 15.3. The van der Waals surface area contributed by atoms with Crippen LogP contribution in [-0.2, 0) is 4.79 Å². The van der Waals surface area contributed by atoms with E-state index in [0.29, 0.717) is 17.7 Å². The number of pyridine rings is 1. The second kappa shape index (κ2) is 6.36. The predicted molar refractivity (Wildman–Crippen MR) is 97.7 cm³/mol. The third-order valence-electron chi connectivity index (χ3n) is 4.40. The van der Waals surface area contributed by atoms with Gasteiger partial charge in [-0.05, 0) is 42.8 Å². The number of hydrogen-bond acceptors (Lipinski definition) is 3. The Bertz CT molecular complexity index is 945. The molecule has 5 nitrogen and oxygen atoms in total. The van der Waals surface area contributed by atoms with Gasteiger partial charge in [0.2, 0.25) is 5.91 Å². The summed E-state index contributed by atoms with van der Waals surface area (Å²) in [6.45, 7) is 0.742. The summed E-state index contributed by atoms with van der Waals surface area (Å²) < 4.78 is 0. The molecule has 1 N–H and O–H groups in total. The van der Waals surface area contributed by atoms with Crippen molar-refractivity contribution in [1.29, 1.82) is 0 Å². The zero-order chi connectivity index (χ0) is 17.2. The third-order valence-corrected chi connectivity index (χ3v) is 4.40. The van der Waals surface area contributed by atoms with Gasteiger partial charge in [-0.15, -0.1) is 0 Å². The van der Waals surface area contributed by atoms with Crippen molar-refractivity contribution in [2.75, 3.05) is 16.8 Å².